The molecule has 0 saturated heterocycles. The Morgan fingerprint density at radius 2 is 1.71 bits per heavy atom. The minimum absolute atomic E-state index is 0.0528. The Labute approximate surface area is 162 Å². The van der Waals surface area contributed by atoms with Gasteiger partial charge < -0.3 is 4.74 Å². The summed E-state index contributed by atoms with van der Waals surface area (Å²) in [6, 6.07) is 16.8. The number of rotatable bonds is 5. The van der Waals surface area contributed by atoms with E-state index in [9.17, 15) is 13.2 Å². The van der Waals surface area contributed by atoms with Crippen molar-refractivity contribution in [3.63, 3.8) is 0 Å². The lowest BCUT2D eigenvalue weighted by molar-refractivity contribution is 0.111. The Hall–Kier alpha value is -3.45. The van der Waals surface area contributed by atoms with Gasteiger partial charge in [0.2, 0.25) is 0 Å². The standard InChI is InChI=1S/C21H16N2O4S/c1-27-16-9-7-15(8-10-16)21-18-11-12-22-13-19(18)23(20(21)14-24)28(25,26)17-5-3-2-4-6-17/h2-14H,1H3. The van der Waals surface area contributed by atoms with Crippen molar-refractivity contribution >= 4 is 27.2 Å². The summed E-state index contributed by atoms with van der Waals surface area (Å²) in [5.74, 6) is 0.665. The Bertz CT molecular complexity index is 1260. The highest BCUT2D eigenvalue weighted by Gasteiger charge is 2.27. The smallest absolute Gasteiger partial charge is 0.268 e. The van der Waals surface area contributed by atoms with Crippen LogP contribution in [-0.2, 0) is 10.0 Å². The lowest BCUT2D eigenvalue weighted by atomic mass is 10.0. The highest BCUT2D eigenvalue weighted by molar-refractivity contribution is 7.90. The number of pyridine rings is 1. The number of fused-ring (bicyclic) bond motifs is 1. The maximum Gasteiger partial charge on any atom is 0.268 e. The number of aldehydes is 1. The summed E-state index contributed by atoms with van der Waals surface area (Å²) in [4.78, 5) is 16.2. The van der Waals surface area contributed by atoms with Gasteiger partial charge in [-0.2, -0.15) is 0 Å². The van der Waals surface area contributed by atoms with Crippen LogP contribution in [-0.4, -0.2) is 30.8 Å². The molecule has 0 spiro atoms. The first-order valence-corrected chi connectivity index (χ1v) is 9.90. The van der Waals surface area contributed by atoms with Gasteiger partial charge in [0, 0.05) is 17.1 Å². The number of hydrogen-bond donors (Lipinski definition) is 0. The molecule has 0 saturated carbocycles. The van der Waals surface area contributed by atoms with Crippen molar-refractivity contribution in [1.82, 2.24) is 8.96 Å². The molecule has 0 unspecified atom stereocenters. The van der Waals surface area contributed by atoms with E-state index < -0.39 is 10.0 Å². The zero-order valence-corrected chi connectivity index (χ0v) is 15.8. The molecule has 4 rings (SSSR count). The number of aromatic nitrogens is 2. The van der Waals surface area contributed by atoms with E-state index in [1.807, 2.05) is 0 Å². The molecule has 0 radical (unpaired) electrons. The van der Waals surface area contributed by atoms with Crippen molar-refractivity contribution < 1.29 is 17.9 Å². The molecule has 2 aromatic carbocycles. The Morgan fingerprint density at radius 3 is 2.36 bits per heavy atom. The molecule has 0 N–H and O–H groups in total. The van der Waals surface area contributed by atoms with Crippen LogP contribution < -0.4 is 4.74 Å². The molecule has 4 aromatic rings. The molecular weight excluding hydrogens is 376 g/mol. The van der Waals surface area contributed by atoms with Crippen molar-refractivity contribution in [3.8, 4) is 16.9 Å². The maximum absolute atomic E-state index is 13.3. The van der Waals surface area contributed by atoms with Gasteiger partial charge >= 0.3 is 0 Å². The van der Waals surface area contributed by atoms with Gasteiger partial charge in [-0.3, -0.25) is 9.78 Å². The summed E-state index contributed by atoms with van der Waals surface area (Å²) < 4.78 is 32.9. The lowest BCUT2D eigenvalue weighted by Gasteiger charge is -2.09. The van der Waals surface area contributed by atoms with Crippen molar-refractivity contribution in [2.24, 2.45) is 0 Å². The first-order valence-electron chi connectivity index (χ1n) is 8.46. The second kappa shape index (κ2) is 6.94. The highest BCUT2D eigenvalue weighted by atomic mass is 32.2. The summed E-state index contributed by atoms with van der Waals surface area (Å²) in [6.07, 6.45) is 3.60. The SMILES string of the molecule is COc1ccc(-c2c(C=O)n(S(=O)(=O)c3ccccc3)c3cnccc23)cc1. The van der Waals surface area contributed by atoms with Crippen LogP contribution in [0, 0.1) is 0 Å². The lowest BCUT2D eigenvalue weighted by Crippen LogP contribution is -2.15. The molecule has 0 aliphatic heterocycles. The monoisotopic (exact) mass is 392 g/mol. The number of carbonyl (C=O) groups excluding carboxylic acids is 1. The van der Waals surface area contributed by atoms with Crippen LogP contribution in [0.2, 0.25) is 0 Å². The summed E-state index contributed by atoms with van der Waals surface area (Å²) in [7, 11) is -2.42. The van der Waals surface area contributed by atoms with Gasteiger partial charge in [0.05, 0.1) is 23.7 Å². The third kappa shape index (κ3) is 2.76. The fourth-order valence-electron chi connectivity index (χ4n) is 3.25. The molecule has 7 heteroatoms. The number of methoxy groups -OCH3 is 1. The van der Waals surface area contributed by atoms with Crippen LogP contribution in [0.15, 0.2) is 78.0 Å². The predicted molar refractivity (Wildman–Crippen MR) is 106 cm³/mol. The molecule has 0 atom stereocenters. The summed E-state index contributed by atoms with van der Waals surface area (Å²) in [6.45, 7) is 0. The van der Waals surface area contributed by atoms with Crippen LogP contribution in [0.4, 0.5) is 0 Å². The molecule has 0 bridgehead atoms. The van der Waals surface area contributed by atoms with E-state index in [1.54, 1.807) is 61.8 Å². The van der Waals surface area contributed by atoms with Crippen LogP contribution in [0.1, 0.15) is 10.5 Å². The first kappa shape index (κ1) is 17.9. The highest BCUT2D eigenvalue weighted by Crippen LogP contribution is 2.36. The maximum atomic E-state index is 13.3. The number of carbonyl (C=O) groups is 1. The summed E-state index contributed by atoms with van der Waals surface area (Å²) in [5, 5.41) is 0.627. The van der Waals surface area contributed by atoms with E-state index in [4.69, 9.17) is 4.74 Å². The summed E-state index contributed by atoms with van der Waals surface area (Å²) >= 11 is 0. The molecule has 0 fully saturated rings. The minimum Gasteiger partial charge on any atom is -0.497 e. The van der Waals surface area contributed by atoms with Crippen LogP contribution in [0.5, 0.6) is 5.75 Å². The third-order valence-electron chi connectivity index (χ3n) is 4.53. The molecule has 28 heavy (non-hydrogen) atoms. The van der Waals surface area contributed by atoms with Crippen LogP contribution >= 0.6 is 0 Å². The van der Waals surface area contributed by atoms with Gasteiger partial charge in [0.15, 0.2) is 6.29 Å². The Morgan fingerprint density at radius 1 is 1.00 bits per heavy atom. The van der Waals surface area contributed by atoms with Gasteiger partial charge in [-0.1, -0.05) is 30.3 Å². The molecule has 140 valence electrons. The normalized spacial score (nSPS) is 11.5. The quantitative estimate of drug-likeness (QED) is 0.483. The van der Waals surface area contributed by atoms with Gasteiger partial charge in [-0.25, -0.2) is 12.4 Å². The van der Waals surface area contributed by atoms with E-state index >= 15 is 0 Å². The minimum atomic E-state index is -3.99. The zero-order chi connectivity index (χ0) is 19.7. The van der Waals surface area contributed by atoms with Gasteiger partial charge in [-0.15, -0.1) is 0 Å². The molecule has 0 amide bonds. The van der Waals surface area contributed by atoms with E-state index in [0.717, 1.165) is 3.97 Å². The predicted octanol–water partition coefficient (Wildman–Crippen LogP) is 3.76. The van der Waals surface area contributed by atoms with Crippen LogP contribution in [0.3, 0.4) is 0 Å². The summed E-state index contributed by atoms with van der Waals surface area (Å²) in [5.41, 5.74) is 1.65. The molecular formula is C21H16N2O4S. The average Bonchev–Trinajstić information content (AvgIpc) is 3.09. The Kier molecular flexibility index (Phi) is 4.44. The average molecular weight is 392 g/mol. The first-order chi connectivity index (χ1) is 13.6. The van der Waals surface area contributed by atoms with E-state index in [2.05, 4.69) is 4.98 Å². The van der Waals surface area contributed by atoms with Crippen molar-refractivity contribution in [2.45, 2.75) is 4.90 Å². The van der Waals surface area contributed by atoms with Crippen molar-refractivity contribution in [3.05, 3.63) is 78.8 Å². The van der Waals surface area contributed by atoms with E-state index in [0.29, 0.717) is 34.1 Å². The molecule has 0 aliphatic rings. The molecule has 6 nitrogen and oxygen atoms in total. The van der Waals surface area contributed by atoms with Crippen molar-refractivity contribution in [2.75, 3.05) is 7.11 Å². The van der Waals surface area contributed by atoms with Crippen molar-refractivity contribution in [1.29, 1.82) is 0 Å². The largest absolute Gasteiger partial charge is 0.497 e. The molecule has 0 aliphatic carbocycles. The van der Waals surface area contributed by atoms with E-state index in [1.165, 1.54) is 18.3 Å². The topological polar surface area (TPSA) is 78.3 Å². The number of hydrogen-bond acceptors (Lipinski definition) is 5. The van der Waals surface area contributed by atoms with Gasteiger partial charge in [0.1, 0.15) is 11.4 Å². The van der Waals surface area contributed by atoms with Gasteiger partial charge in [-0.05, 0) is 35.9 Å². The van der Waals surface area contributed by atoms with Crippen LogP contribution in [0.25, 0.3) is 22.0 Å². The second-order valence-electron chi connectivity index (χ2n) is 6.08. The fraction of sp³-hybridized carbons (Fsp3) is 0.0476. The fourth-order valence-corrected chi connectivity index (χ4v) is 4.76. The third-order valence-corrected chi connectivity index (χ3v) is 6.28. The van der Waals surface area contributed by atoms with Gasteiger partial charge in [0.25, 0.3) is 10.0 Å². The Balaban J connectivity index is 2.07. The number of nitrogens with zero attached hydrogens (tertiary/aromatic N) is 2. The number of benzene rings is 2. The van der Waals surface area contributed by atoms with E-state index in [-0.39, 0.29) is 10.6 Å². The number of ether oxygens (including phenoxy) is 1. The molecule has 2 aromatic heterocycles. The zero-order valence-electron chi connectivity index (χ0n) is 14.9. The second-order valence-corrected chi connectivity index (χ2v) is 7.87. The molecule has 2 heterocycles.